The van der Waals surface area contributed by atoms with Crippen molar-refractivity contribution in [3.05, 3.63) is 54.1 Å². The van der Waals surface area contributed by atoms with Crippen molar-refractivity contribution in [2.75, 3.05) is 11.9 Å². The van der Waals surface area contributed by atoms with Crippen molar-refractivity contribution in [2.45, 2.75) is 6.42 Å². The highest BCUT2D eigenvalue weighted by Gasteiger charge is 2.13. The molecule has 98 valence electrons. The minimum atomic E-state index is -0.132. The Labute approximate surface area is 111 Å². The lowest BCUT2D eigenvalue weighted by Gasteiger charge is -2.17. The van der Waals surface area contributed by atoms with Crippen molar-refractivity contribution in [3.8, 4) is 11.5 Å². The maximum absolute atomic E-state index is 12.1. The molecule has 2 rings (SSSR count). The Bertz CT molecular complexity index is 578. The second-order valence-corrected chi connectivity index (χ2v) is 4.27. The van der Waals surface area contributed by atoms with Crippen molar-refractivity contribution >= 4 is 11.6 Å². The molecule has 0 saturated heterocycles. The smallest absolute Gasteiger partial charge is 0.231 e. The van der Waals surface area contributed by atoms with Crippen LogP contribution in [0.15, 0.2) is 48.5 Å². The number of nitrogens with zero attached hydrogens (tertiary/aromatic N) is 1. The first kappa shape index (κ1) is 13.0. The van der Waals surface area contributed by atoms with Crippen LogP contribution in [0.25, 0.3) is 0 Å². The zero-order valence-corrected chi connectivity index (χ0v) is 10.6. The molecule has 1 amide bonds. The number of para-hydroxylation sites is 1. The third-order valence-electron chi connectivity index (χ3n) is 2.94. The Balaban J connectivity index is 2.12. The maximum Gasteiger partial charge on any atom is 0.231 e. The summed E-state index contributed by atoms with van der Waals surface area (Å²) in [6, 6.07) is 13.2. The molecule has 2 aromatic carbocycles. The van der Waals surface area contributed by atoms with Gasteiger partial charge >= 0.3 is 0 Å². The summed E-state index contributed by atoms with van der Waals surface area (Å²) >= 11 is 0. The van der Waals surface area contributed by atoms with E-state index < -0.39 is 0 Å². The van der Waals surface area contributed by atoms with Crippen LogP contribution in [0.1, 0.15) is 5.56 Å². The van der Waals surface area contributed by atoms with E-state index in [1.165, 1.54) is 17.0 Å². The average Bonchev–Trinajstić information content (AvgIpc) is 2.41. The van der Waals surface area contributed by atoms with Gasteiger partial charge in [-0.1, -0.05) is 18.2 Å². The molecule has 0 fully saturated rings. The van der Waals surface area contributed by atoms with Gasteiger partial charge in [-0.15, -0.1) is 0 Å². The normalized spacial score (nSPS) is 10.2. The molecule has 0 saturated carbocycles. The number of phenolic OH excluding ortho intramolecular Hbond substituents is 2. The first-order valence-corrected chi connectivity index (χ1v) is 5.90. The minimum absolute atomic E-state index is 0.120. The van der Waals surface area contributed by atoms with Gasteiger partial charge in [0.1, 0.15) is 11.5 Å². The molecule has 0 unspecified atom stereocenters. The van der Waals surface area contributed by atoms with E-state index in [9.17, 15) is 15.0 Å². The predicted octanol–water partition coefficient (Wildman–Crippen LogP) is 2.30. The van der Waals surface area contributed by atoms with Crippen LogP contribution in [0.2, 0.25) is 0 Å². The first-order chi connectivity index (χ1) is 9.08. The highest BCUT2D eigenvalue weighted by molar-refractivity contribution is 5.94. The van der Waals surface area contributed by atoms with E-state index in [-0.39, 0.29) is 23.8 Å². The summed E-state index contributed by atoms with van der Waals surface area (Å²) < 4.78 is 0. The summed E-state index contributed by atoms with van der Waals surface area (Å²) in [7, 11) is 1.66. The highest BCUT2D eigenvalue weighted by Crippen LogP contribution is 2.20. The van der Waals surface area contributed by atoms with Crippen LogP contribution in [-0.4, -0.2) is 23.2 Å². The quantitative estimate of drug-likeness (QED) is 0.887. The molecule has 0 heterocycles. The van der Waals surface area contributed by atoms with Crippen LogP contribution in [0, 0.1) is 0 Å². The first-order valence-electron chi connectivity index (χ1n) is 5.90. The van der Waals surface area contributed by atoms with Crippen LogP contribution in [0.4, 0.5) is 5.69 Å². The molecule has 0 aromatic heterocycles. The van der Waals surface area contributed by atoms with Crippen molar-refractivity contribution in [3.63, 3.8) is 0 Å². The van der Waals surface area contributed by atoms with E-state index in [1.807, 2.05) is 0 Å². The minimum Gasteiger partial charge on any atom is -0.508 e. The molecule has 2 aromatic rings. The Morgan fingerprint density at radius 2 is 1.68 bits per heavy atom. The maximum atomic E-state index is 12.1. The molecule has 0 aliphatic carbocycles. The van der Waals surface area contributed by atoms with Gasteiger partial charge in [0.05, 0.1) is 6.42 Å². The molecule has 0 radical (unpaired) electrons. The van der Waals surface area contributed by atoms with Crippen molar-refractivity contribution < 1.29 is 15.0 Å². The van der Waals surface area contributed by atoms with Gasteiger partial charge < -0.3 is 15.1 Å². The summed E-state index contributed by atoms with van der Waals surface area (Å²) in [5.74, 6) is 0.146. The third kappa shape index (κ3) is 3.04. The fraction of sp³-hybridized carbons (Fsp3) is 0.133. The largest absolute Gasteiger partial charge is 0.508 e. The highest BCUT2D eigenvalue weighted by atomic mass is 16.3. The van der Waals surface area contributed by atoms with Crippen LogP contribution in [0.3, 0.4) is 0 Å². The lowest BCUT2D eigenvalue weighted by Crippen LogP contribution is -2.27. The van der Waals surface area contributed by atoms with Crippen LogP contribution >= 0.6 is 0 Å². The molecule has 0 bridgehead atoms. The number of carbonyl (C=O) groups is 1. The number of benzene rings is 2. The lowest BCUT2D eigenvalue weighted by molar-refractivity contribution is -0.117. The fourth-order valence-corrected chi connectivity index (χ4v) is 1.76. The second kappa shape index (κ2) is 5.44. The number of anilines is 1. The van der Waals surface area contributed by atoms with Gasteiger partial charge in [0.15, 0.2) is 0 Å². The molecule has 0 aliphatic rings. The van der Waals surface area contributed by atoms with Gasteiger partial charge in [-0.25, -0.2) is 0 Å². The monoisotopic (exact) mass is 257 g/mol. The average molecular weight is 257 g/mol. The van der Waals surface area contributed by atoms with Crippen LogP contribution in [0.5, 0.6) is 11.5 Å². The Hall–Kier alpha value is -2.49. The summed E-state index contributed by atoms with van der Waals surface area (Å²) in [4.78, 5) is 13.6. The van der Waals surface area contributed by atoms with E-state index >= 15 is 0 Å². The van der Waals surface area contributed by atoms with E-state index in [2.05, 4.69) is 0 Å². The van der Waals surface area contributed by atoms with E-state index in [4.69, 9.17) is 0 Å². The number of likely N-dealkylation sites (N-methyl/N-ethyl adjacent to an activating group) is 1. The van der Waals surface area contributed by atoms with Gasteiger partial charge in [0.25, 0.3) is 0 Å². The fourth-order valence-electron chi connectivity index (χ4n) is 1.76. The number of phenols is 2. The number of rotatable bonds is 3. The molecule has 2 N–H and O–H groups in total. The van der Waals surface area contributed by atoms with Gasteiger partial charge in [-0.05, 0) is 30.3 Å². The van der Waals surface area contributed by atoms with Gasteiger partial charge in [0.2, 0.25) is 5.91 Å². The number of hydrogen-bond acceptors (Lipinski definition) is 3. The SMILES string of the molecule is CN(C(=O)Cc1ccccc1O)c1ccc(O)cc1. The van der Waals surface area contributed by atoms with Crippen molar-refractivity contribution in [1.82, 2.24) is 0 Å². The Morgan fingerprint density at radius 3 is 2.32 bits per heavy atom. The molecule has 19 heavy (non-hydrogen) atoms. The number of carbonyl (C=O) groups excluding carboxylic acids is 1. The molecule has 4 nitrogen and oxygen atoms in total. The molecular formula is C15H15NO3. The summed E-state index contributed by atoms with van der Waals surface area (Å²) in [6.07, 6.45) is 0.129. The zero-order valence-electron chi connectivity index (χ0n) is 10.6. The lowest BCUT2D eigenvalue weighted by atomic mass is 10.1. The number of aromatic hydroxyl groups is 2. The van der Waals surface area contributed by atoms with Gasteiger partial charge in [0, 0.05) is 18.3 Å². The molecule has 0 atom stereocenters. The zero-order chi connectivity index (χ0) is 13.8. The number of hydrogen-bond donors (Lipinski definition) is 2. The standard InChI is InChI=1S/C15H15NO3/c1-16(12-6-8-13(17)9-7-12)15(19)10-11-4-2-3-5-14(11)18/h2-9,17-18H,10H2,1H3. The van der Waals surface area contributed by atoms with Crippen molar-refractivity contribution in [1.29, 1.82) is 0 Å². The van der Waals surface area contributed by atoms with Crippen molar-refractivity contribution in [2.24, 2.45) is 0 Å². The Kier molecular flexibility index (Phi) is 3.71. The predicted molar refractivity (Wildman–Crippen MR) is 73.3 cm³/mol. The number of amides is 1. The van der Waals surface area contributed by atoms with Crippen LogP contribution < -0.4 is 4.90 Å². The summed E-state index contributed by atoms with van der Waals surface area (Å²) in [5.41, 5.74) is 1.29. The summed E-state index contributed by atoms with van der Waals surface area (Å²) in [6.45, 7) is 0. The molecule has 0 aliphatic heterocycles. The van der Waals surface area contributed by atoms with E-state index in [0.717, 1.165) is 0 Å². The molecule has 4 heteroatoms. The third-order valence-corrected chi connectivity index (χ3v) is 2.94. The van der Waals surface area contributed by atoms with E-state index in [1.54, 1.807) is 43.4 Å². The van der Waals surface area contributed by atoms with Crippen LogP contribution in [-0.2, 0) is 11.2 Å². The van der Waals surface area contributed by atoms with E-state index in [0.29, 0.717) is 11.3 Å². The Morgan fingerprint density at radius 1 is 1.05 bits per heavy atom. The summed E-state index contributed by atoms with van der Waals surface area (Å²) in [5, 5.41) is 18.9. The van der Waals surface area contributed by atoms with Gasteiger partial charge in [-0.3, -0.25) is 4.79 Å². The topological polar surface area (TPSA) is 60.8 Å². The molecule has 0 spiro atoms. The second-order valence-electron chi connectivity index (χ2n) is 4.27. The molecular weight excluding hydrogens is 242 g/mol. The van der Waals surface area contributed by atoms with Gasteiger partial charge in [-0.2, -0.15) is 0 Å².